The summed E-state index contributed by atoms with van der Waals surface area (Å²) in [7, 11) is -2.46. The topological polar surface area (TPSA) is 102 Å². The second-order valence-corrected chi connectivity index (χ2v) is 9.73. The summed E-state index contributed by atoms with van der Waals surface area (Å²) >= 11 is 0. The zero-order valence-electron chi connectivity index (χ0n) is 19.0. The average Bonchev–Trinajstić information content (AvgIpc) is 3.13. The molecule has 2 aromatic carbocycles. The maximum atomic E-state index is 13.3. The highest BCUT2D eigenvalue weighted by Gasteiger charge is 2.29. The Morgan fingerprint density at radius 1 is 1.03 bits per heavy atom. The minimum atomic E-state index is -3.84. The zero-order chi connectivity index (χ0) is 23.8. The van der Waals surface area contributed by atoms with Crippen LogP contribution in [0, 0.1) is 0 Å². The first-order valence-electron chi connectivity index (χ1n) is 11.1. The summed E-state index contributed by atoms with van der Waals surface area (Å²) in [4.78, 5) is 24.8. The van der Waals surface area contributed by atoms with Crippen molar-refractivity contribution in [2.45, 2.75) is 43.9 Å². The molecule has 0 bridgehead atoms. The molecule has 1 fully saturated rings. The average molecular weight is 475 g/mol. The molecule has 0 atom stereocenters. The molecular weight excluding hydrogens is 444 g/mol. The maximum absolute atomic E-state index is 13.3. The van der Waals surface area contributed by atoms with Crippen molar-refractivity contribution < 1.29 is 27.5 Å². The molecule has 0 spiro atoms. The Morgan fingerprint density at radius 2 is 1.73 bits per heavy atom. The van der Waals surface area contributed by atoms with Gasteiger partial charge in [-0.05, 0) is 49.1 Å². The number of benzene rings is 2. The van der Waals surface area contributed by atoms with Gasteiger partial charge in [0, 0.05) is 18.8 Å². The first-order chi connectivity index (χ1) is 15.9. The molecule has 9 heteroatoms. The highest BCUT2D eigenvalue weighted by molar-refractivity contribution is 7.89. The van der Waals surface area contributed by atoms with Gasteiger partial charge in [-0.2, -0.15) is 4.31 Å². The molecule has 3 rings (SSSR count). The summed E-state index contributed by atoms with van der Waals surface area (Å²) in [6, 6.07) is 11.5. The minimum Gasteiger partial charge on any atom is -0.495 e. The van der Waals surface area contributed by atoms with Gasteiger partial charge in [0.2, 0.25) is 10.0 Å². The van der Waals surface area contributed by atoms with Crippen LogP contribution in [-0.2, 0) is 26.0 Å². The molecule has 2 aromatic rings. The van der Waals surface area contributed by atoms with Crippen molar-refractivity contribution in [3.05, 3.63) is 53.6 Å². The number of para-hydroxylation sites is 1. The lowest BCUT2D eigenvalue weighted by molar-refractivity contribution is -0.119. The Kier molecular flexibility index (Phi) is 8.46. The quantitative estimate of drug-likeness (QED) is 0.587. The third-order valence-corrected chi connectivity index (χ3v) is 7.51. The number of ether oxygens (including phenoxy) is 2. The van der Waals surface area contributed by atoms with Gasteiger partial charge in [0.25, 0.3) is 5.91 Å². The normalized spacial score (nSPS) is 14.8. The molecule has 1 amide bonds. The number of nitrogens with one attached hydrogen (secondary N) is 1. The number of amides is 1. The molecule has 1 saturated heterocycles. The summed E-state index contributed by atoms with van der Waals surface area (Å²) in [5.41, 5.74) is 1.66. The minimum absolute atomic E-state index is 0.0333. The number of nitrogens with zero attached hydrogens (tertiary/aromatic N) is 1. The predicted molar refractivity (Wildman–Crippen MR) is 125 cm³/mol. The van der Waals surface area contributed by atoms with Crippen LogP contribution in [-0.4, -0.2) is 51.4 Å². The van der Waals surface area contributed by atoms with E-state index in [-0.39, 0.29) is 16.2 Å². The van der Waals surface area contributed by atoms with Crippen LogP contribution in [0.15, 0.2) is 47.4 Å². The van der Waals surface area contributed by atoms with Gasteiger partial charge in [0.05, 0.1) is 12.7 Å². The fourth-order valence-corrected chi connectivity index (χ4v) is 5.48. The number of esters is 1. The number of methoxy groups -OCH3 is 1. The lowest BCUT2D eigenvalue weighted by Crippen LogP contribution is -2.32. The van der Waals surface area contributed by atoms with Gasteiger partial charge >= 0.3 is 5.97 Å². The molecule has 8 nitrogen and oxygen atoms in total. The van der Waals surface area contributed by atoms with E-state index in [1.165, 1.54) is 29.6 Å². The Balaban J connectivity index is 1.72. The molecule has 1 aliphatic heterocycles. The van der Waals surface area contributed by atoms with Gasteiger partial charge in [0.1, 0.15) is 10.6 Å². The lowest BCUT2D eigenvalue weighted by Gasteiger charge is -2.21. The van der Waals surface area contributed by atoms with Gasteiger partial charge in [-0.15, -0.1) is 0 Å². The lowest BCUT2D eigenvalue weighted by atomic mass is 10.1. The van der Waals surface area contributed by atoms with Crippen molar-refractivity contribution in [1.82, 2.24) is 4.31 Å². The Labute approximate surface area is 194 Å². The molecule has 178 valence electrons. The summed E-state index contributed by atoms with van der Waals surface area (Å²) in [5, 5.41) is 2.73. The van der Waals surface area contributed by atoms with E-state index in [1.54, 1.807) is 6.07 Å². The van der Waals surface area contributed by atoms with Gasteiger partial charge in [-0.25, -0.2) is 13.2 Å². The number of hydrogen-bond acceptors (Lipinski definition) is 6. The zero-order valence-corrected chi connectivity index (χ0v) is 19.8. The maximum Gasteiger partial charge on any atom is 0.338 e. The molecule has 33 heavy (non-hydrogen) atoms. The van der Waals surface area contributed by atoms with Crippen LogP contribution in [0.5, 0.6) is 5.75 Å². The fraction of sp³-hybridized carbons (Fsp3) is 0.417. The number of carbonyl (C=O) groups is 2. The molecule has 0 aliphatic carbocycles. The SMILES string of the molecule is CCc1ccccc1NC(=O)COC(=O)c1ccc(OC)c(S(=O)(=O)N2CCCCCC2)c1. The van der Waals surface area contributed by atoms with Crippen molar-refractivity contribution in [3.8, 4) is 5.75 Å². The monoisotopic (exact) mass is 474 g/mol. The second-order valence-electron chi connectivity index (χ2n) is 7.82. The van der Waals surface area contributed by atoms with E-state index in [1.807, 2.05) is 25.1 Å². The Bertz CT molecular complexity index is 1090. The van der Waals surface area contributed by atoms with E-state index in [9.17, 15) is 18.0 Å². The number of anilines is 1. The highest BCUT2D eigenvalue weighted by atomic mass is 32.2. The number of carbonyl (C=O) groups excluding carboxylic acids is 2. The van der Waals surface area contributed by atoms with Crippen LogP contribution in [0.25, 0.3) is 0 Å². The number of hydrogen-bond donors (Lipinski definition) is 1. The Hall–Kier alpha value is -2.91. The first kappa shape index (κ1) is 24.7. The van der Waals surface area contributed by atoms with E-state index in [0.29, 0.717) is 18.8 Å². The van der Waals surface area contributed by atoms with Crippen LogP contribution in [0.3, 0.4) is 0 Å². The van der Waals surface area contributed by atoms with E-state index < -0.39 is 28.5 Å². The van der Waals surface area contributed by atoms with E-state index in [2.05, 4.69) is 5.32 Å². The van der Waals surface area contributed by atoms with Gasteiger partial charge in [-0.1, -0.05) is 38.0 Å². The smallest absolute Gasteiger partial charge is 0.338 e. The van der Waals surface area contributed by atoms with Crippen molar-refractivity contribution in [2.75, 3.05) is 32.1 Å². The van der Waals surface area contributed by atoms with Crippen molar-refractivity contribution >= 4 is 27.6 Å². The fourth-order valence-electron chi connectivity index (χ4n) is 3.78. The van der Waals surface area contributed by atoms with Crippen LogP contribution in [0.4, 0.5) is 5.69 Å². The van der Waals surface area contributed by atoms with Gasteiger partial charge in [-0.3, -0.25) is 4.79 Å². The summed E-state index contributed by atoms with van der Waals surface area (Å²) in [6.07, 6.45) is 4.30. The van der Waals surface area contributed by atoms with Crippen LogP contribution < -0.4 is 10.1 Å². The Morgan fingerprint density at radius 3 is 2.39 bits per heavy atom. The number of sulfonamides is 1. The largest absolute Gasteiger partial charge is 0.495 e. The van der Waals surface area contributed by atoms with Crippen LogP contribution in [0.1, 0.15) is 48.5 Å². The van der Waals surface area contributed by atoms with Crippen molar-refractivity contribution in [1.29, 1.82) is 0 Å². The second kappa shape index (κ2) is 11.3. The predicted octanol–water partition coefficient (Wildman–Crippen LogP) is 3.62. The molecular formula is C24H30N2O6S. The van der Waals surface area contributed by atoms with Gasteiger partial charge in [0.15, 0.2) is 6.61 Å². The van der Waals surface area contributed by atoms with E-state index in [4.69, 9.17) is 9.47 Å². The van der Waals surface area contributed by atoms with E-state index in [0.717, 1.165) is 37.7 Å². The third-order valence-electron chi connectivity index (χ3n) is 5.59. The number of aryl methyl sites for hydroxylation is 1. The summed E-state index contributed by atoms with van der Waals surface area (Å²) in [6.45, 7) is 2.35. The third kappa shape index (κ3) is 6.11. The molecule has 1 N–H and O–H groups in total. The molecule has 0 radical (unpaired) electrons. The highest BCUT2D eigenvalue weighted by Crippen LogP contribution is 2.29. The van der Waals surface area contributed by atoms with Crippen LogP contribution >= 0.6 is 0 Å². The van der Waals surface area contributed by atoms with Crippen molar-refractivity contribution in [3.63, 3.8) is 0 Å². The first-order valence-corrected chi connectivity index (χ1v) is 12.5. The van der Waals surface area contributed by atoms with Crippen LogP contribution in [0.2, 0.25) is 0 Å². The van der Waals surface area contributed by atoms with E-state index >= 15 is 0 Å². The molecule has 0 saturated carbocycles. The van der Waals surface area contributed by atoms with Gasteiger partial charge < -0.3 is 14.8 Å². The molecule has 1 heterocycles. The standard InChI is InChI=1S/C24H30N2O6S/c1-3-18-10-6-7-11-20(18)25-23(27)17-32-24(28)19-12-13-21(31-2)22(16-19)33(29,30)26-14-8-4-5-9-15-26/h6-7,10-13,16H,3-5,8-9,14-15,17H2,1-2H3,(H,25,27). The summed E-state index contributed by atoms with van der Waals surface area (Å²) in [5.74, 6) is -1.11. The molecule has 1 aliphatic rings. The number of rotatable bonds is 8. The van der Waals surface area contributed by atoms with Crippen molar-refractivity contribution in [2.24, 2.45) is 0 Å². The molecule has 0 unspecified atom stereocenters. The summed E-state index contributed by atoms with van der Waals surface area (Å²) < 4.78 is 38.3. The molecule has 0 aromatic heterocycles.